The van der Waals surface area contributed by atoms with Crippen molar-refractivity contribution in [2.24, 2.45) is 11.8 Å². The predicted molar refractivity (Wildman–Crippen MR) is 35.5 cm³/mol. The largest absolute Gasteiger partial charge is 0.352 e. The summed E-state index contributed by atoms with van der Waals surface area (Å²) in [5.74, 6) is 1.11. The van der Waals surface area contributed by atoms with Crippen molar-refractivity contribution in [2.75, 3.05) is 13.4 Å². The molecule has 0 amide bonds. The average Bonchev–Trinajstić information content (AvgIpc) is 1.82. The number of hydrogen-bond donors (Lipinski definition) is 0. The molecule has 0 aromatic heterocycles. The van der Waals surface area contributed by atoms with Crippen molar-refractivity contribution in [3.8, 4) is 0 Å². The van der Waals surface area contributed by atoms with Gasteiger partial charge in [-0.15, -0.1) is 0 Å². The summed E-state index contributed by atoms with van der Waals surface area (Å²) in [6.07, 6.45) is 0. The second kappa shape index (κ2) is 4.77. The Morgan fingerprint density at radius 3 is 2.22 bits per heavy atom. The average molecular weight is 131 g/mol. The van der Waals surface area contributed by atoms with Crippen molar-refractivity contribution in [3.63, 3.8) is 0 Å². The summed E-state index contributed by atoms with van der Waals surface area (Å²) >= 11 is 0. The van der Waals surface area contributed by atoms with E-state index in [2.05, 4.69) is 20.8 Å². The van der Waals surface area contributed by atoms with Crippen molar-refractivity contribution in [3.05, 3.63) is 0 Å². The zero-order chi connectivity index (χ0) is 7.28. The summed E-state index contributed by atoms with van der Waals surface area (Å²) in [7, 11) is 0. The summed E-state index contributed by atoms with van der Waals surface area (Å²) < 4.78 is 4.70. The minimum atomic E-state index is -0.406. The van der Waals surface area contributed by atoms with Gasteiger partial charge in [0.05, 0.1) is 6.61 Å². The topological polar surface area (TPSA) is 29.1 Å². The molecule has 0 saturated heterocycles. The Bertz CT molecular complexity index is 61.9. The maximum Gasteiger partial charge on any atom is 0.180 e. The first-order valence-corrected chi connectivity index (χ1v) is 3.34. The first-order chi connectivity index (χ1) is 4.18. The molecule has 0 fully saturated rings. The van der Waals surface area contributed by atoms with E-state index in [0.717, 1.165) is 0 Å². The second-order valence-corrected chi connectivity index (χ2v) is 2.71. The molecule has 1 unspecified atom stereocenters. The van der Waals surface area contributed by atoms with E-state index in [9.17, 15) is 5.11 Å². The molecule has 0 aliphatic heterocycles. The molecule has 0 aromatic rings. The molecule has 0 aliphatic carbocycles. The van der Waals surface area contributed by atoms with Gasteiger partial charge in [-0.25, -0.2) is 5.11 Å². The third-order valence-corrected chi connectivity index (χ3v) is 1.60. The van der Waals surface area contributed by atoms with Gasteiger partial charge in [-0.1, -0.05) is 20.8 Å². The molecule has 0 spiro atoms. The molecule has 2 heteroatoms. The van der Waals surface area contributed by atoms with Crippen LogP contribution in [0.5, 0.6) is 0 Å². The highest BCUT2D eigenvalue weighted by molar-refractivity contribution is 4.53. The molecule has 0 heterocycles. The summed E-state index contributed by atoms with van der Waals surface area (Å²) in [5, 5.41) is 9.83. The smallest absolute Gasteiger partial charge is 0.180 e. The summed E-state index contributed by atoms with van der Waals surface area (Å²) in [6.45, 7) is 6.52. The van der Waals surface area contributed by atoms with E-state index in [0.29, 0.717) is 18.4 Å². The fourth-order valence-electron chi connectivity index (χ4n) is 0.426. The Kier molecular flexibility index (Phi) is 4.72. The molecule has 1 atom stereocenters. The van der Waals surface area contributed by atoms with Crippen molar-refractivity contribution >= 4 is 0 Å². The van der Waals surface area contributed by atoms with Gasteiger partial charge in [0.2, 0.25) is 0 Å². The highest BCUT2D eigenvalue weighted by Crippen LogP contribution is 2.08. The molecular weight excluding hydrogens is 116 g/mol. The first kappa shape index (κ1) is 8.92. The van der Waals surface area contributed by atoms with E-state index >= 15 is 0 Å². The molecule has 2 nitrogen and oxygen atoms in total. The first-order valence-electron chi connectivity index (χ1n) is 3.34. The van der Waals surface area contributed by atoms with Crippen LogP contribution in [0.2, 0.25) is 0 Å². The van der Waals surface area contributed by atoms with Crippen LogP contribution in [0.1, 0.15) is 20.8 Å². The minimum absolute atomic E-state index is 0.406. The lowest BCUT2D eigenvalue weighted by Crippen LogP contribution is -2.11. The van der Waals surface area contributed by atoms with Crippen molar-refractivity contribution in [1.82, 2.24) is 0 Å². The number of hydrogen-bond acceptors (Lipinski definition) is 1. The second-order valence-electron chi connectivity index (χ2n) is 2.71. The van der Waals surface area contributed by atoms with Crippen LogP contribution in [0.15, 0.2) is 0 Å². The summed E-state index contributed by atoms with van der Waals surface area (Å²) in [5.41, 5.74) is 0. The molecule has 0 saturated carbocycles. The van der Waals surface area contributed by atoms with Gasteiger partial charge in [0.15, 0.2) is 6.79 Å². The predicted octanol–water partition coefficient (Wildman–Crippen LogP) is 1.68. The minimum Gasteiger partial charge on any atom is -0.352 e. The van der Waals surface area contributed by atoms with E-state index in [-0.39, 0.29) is 0 Å². The van der Waals surface area contributed by atoms with Gasteiger partial charge in [0.1, 0.15) is 0 Å². The van der Waals surface area contributed by atoms with Crippen LogP contribution >= 0.6 is 0 Å². The molecular formula is C7H15O2. The van der Waals surface area contributed by atoms with E-state index < -0.39 is 6.79 Å². The van der Waals surface area contributed by atoms with Gasteiger partial charge < -0.3 is 4.74 Å². The SMILES string of the molecule is CC(C)C(C)COC[O]. The van der Waals surface area contributed by atoms with Crippen LogP contribution in [0, 0.1) is 11.8 Å². The lowest BCUT2D eigenvalue weighted by Gasteiger charge is -2.13. The Labute approximate surface area is 56.8 Å². The quantitative estimate of drug-likeness (QED) is 0.534. The monoisotopic (exact) mass is 131 g/mol. The Morgan fingerprint density at radius 2 is 1.89 bits per heavy atom. The highest BCUT2D eigenvalue weighted by atomic mass is 16.6. The highest BCUT2D eigenvalue weighted by Gasteiger charge is 2.05. The summed E-state index contributed by atoms with van der Waals surface area (Å²) in [6, 6.07) is 0. The van der Waals surface area contributed by atoms with Crippen LogP contribution in [0.4, 0.5) is 0 Å². The Morgan fingerprint density at radius 1 is 1.33 bits per heavy atom. The molecule has 0 N–H and O–H groups in total. The third-order valence-electron chi connectivity index (χ3n) is 1.60. The van der Waals surface area contributed by atoms with Gasteiger partial charge >= 0.3 is 0 Å². The van der Waals surface area contributed by atoms with Crippen LogP contribution in [0.3, 0.4) is 0 Å². The van der Waals surface area contributed by atoms with E-state index in [4.69, 9.17) is 4.74 Å². The van der Waals surface area contributed by atoms with Crippen LogP contribution in [-0.4, -0.2) is 13.4 Å². The zero-order valence-corrected chi connectivity index (χ0v) is 6.39. The molecule has 0 rings (SSSR count). The molecule has 0 aromatic carbocycles. The summed E-state index contributed by atoms with van der Waals surface area (Å²) in [4.78, 5) is 0. The van der Waals surface area contributed by atoms with Crippen molar-refractivity contribution in [2.45, 2.75) is 20.8 Å². The van der Waals surface area contributed by atoms with Crippen LogP contribution < -0.4 is 0 Å². The Hall–Kier alpha value is -0.0800. The fraction of sp³-hybridized carbons (Fsp3) is 1.00. The third kappa shape index (κ3) is 4.43. The van der Waals surface area contributed by atoms with Gasteiger partial charge in [-0.05, 0) is 11.8 Å². The van der Waals surface area contributed by atoms with Crippen molar-refractivity contribution < 1.29 is 9.84 Å². The van der Waals surface area contributed by atoms with Crippen molar-refractivity contribution in [1.29, 1.82) is 0 Å². The van der Waals surface area contributed by atoms with Crippen LogP contribution in [-0.2, 0) is 9.84 Å². The fourth-order valence-corrected chi connectivity index (χ4v) is 0.426. The molecule has 0 aliphatic rings. The molecule has 9 heavy (non-hydrogen) atoms. The zero-order valence-electron chi connectivity index (χ0n) is 6.39. The Balaban J connectivity index is 3.16. The lowest BCUT2D eigenvalue weighted by atomic mass is 10.00. The van der Waals surface area contributed by atoms with Crippen LogP contribution in [0.25, 0.3) is 0 Å². The molecule has 0 bridgehead atoms. The van der Waals surface area contributed by atoms with Gasteiger partial charge in [0.25, 0.3) is 0 Å². The number of ether oxygens (including phenoxy) is 1. The maximum absolute atomic E-state index is 9.83. The van der Waals surface area contributed by atoms with Gasteiger partial charge in [-0.2, -0.15) is 0 Å². The molecule has 55 valence electrons. The maximum atomic E-state index is 9.83. The van der Waals surface area contributed by atoms with E-state index in [1.165, 1.54) is 0 Å². The van der Waals surface area contributed by atoms with E-state index in [1.54, 1.807) is 0 Å². The number of rotatable bonds is 4. The lowest BCUT2D eigenvalue weighted by molar-refractivity contribution is -0.0583. The van der Waals surface area contributed by atoms with E-state index in [1.807, 2.05) is 0 Å². The van der Waals surface area contributed by atoms with Gasteiger partial charge in [-0.3, -0.25) is 0 Å². The normalized spacial score (nSPS) is 14.3. The standard InChI is InChI=1S/C7H15O2/c1-6(2)7(3)4-9-5-8/h6-7H,4-5H2,1-3H3. The molecule has 1 radical (unpaired) electrons. The van der Waals surface area contributed by atoms with Gasteiger partial charge in [0, 0.05) is 0 Å².